The number of aryl methyl sites for hydroxylation is 1. The first-order valence-electron chi connectivity index (χ1n) is 8.49. The Morgan fingerprint density at radius 2 is 1.91 bits per heavy atom. The van der Waals surface area contributed by atoms with Gasteiger partial charge in [-0.3, -0.25) is 0 Å². The zero-order valence-electron chi connectivity index (χ0n) is 15.8. The minimum atomic E-state index is -1.83. The molecule has 0 aromatic carbocycles. The molecule has 1 aromatic heterocycles. The highest BCUT2D eigenvalue weighted by molar-refractivity contribution is 6.74. The molecule has 4 nitrogen and oxygen atoms in total. The van der Waals surface area contributed by atoms with Crippen LogP contribution in [0.5, 0.6) is 5.88 Å². The number of unbranched alkanes of at least 4 members (excludes halogenated alkanes) is 1. The second-order valence-corrected chi connectivity index (χ2v) is 12.4. The number of ether oxygens (including phenoxy) is 1. The Labute approximate surface area is 142 Å². The molecule has 0 aliphatic carbocycles. The van der Waals surface area contributed by atoms with Crippen molar-refractivity contribution in [2.45, 2.75) is 78.8 Å². The van der Waals surface area contributed by atoms with E-state index < -0.39 is 8.32 Å². The van der Waals surface area contributed by atoms with E-state index in [1.165, 1.54) is 0 Å². The van der Waals surface area contributed by atoms with Crippen molar-refractivity contribution in [2.75, 3.05) is 6.61 Å². The smallest absolute Gasteiger partial charge is 0.219 e. The normalized spacial score (nSPS) is 12.5. The van der Waals surface area contributed by atoms with Gasteiger partial charge in [0.05, 0.1) is 19.8 Å². The fourth-order valence-electron chi connectivity index (χ4n) is 1.94. The first kappa shape index (κ1) is 20.1. The van der Waals surface area contributed by atoms with Crippen LogP contribution >= 0.6 is 0 Å². The summed E-state index contributed by atoms with van der Waals surface area (Å²) in [6.07, 6.45) is 2.05. The van der Waals surface area contributed by atoms with Gasteiger partial charge in [-0.1, -0.05) is 34.1 Å². The Bertz CT molecular complexity index is 510. The lowest BCUT2D eigenvalue weighted by atomic mass is 10.1. The van der Waals surface area contributed by atoms with Crippen molar-refractivity contribution in [2.24, 2.45) is 0 Å². The summed E-state index contributed by atoms with van der Waals surface area (Å²) in [4.78, 5) is 4.44. The Morgan fingerprint density at radius 3 is 2.43 bits per heavy atom. The second kappa shape index (κ2) is 8.26. The van der Waals surface area contributed by atoms with Crippen molar-refractivity contribution < 1.29 is 14.3 Å². The van der Waals surface area contributed by atoms with E-state index in [2.05, 4.69) is 45.8 Å². The lowest BCUT2D eigenvalue weighted by molar-refractivity contribution is 0.241. The maximum Gasteiger partial charge on any atom is 0.219 e. The van der Waals surface area contributed by atoms with Gasteiger partial charge in [-0.25, -0.2) is 4.98 Å². The molecule has 0 fully saturated rings. The minimum absolute atomic E-state index is 0.0784. The molecule has 1 heterocycles. The van der Waals surface area contributed by atoms with Crippen LogP contribution in [-0.2, 0) is 17.6 Å². The summed E-state index contributed by atoms with van der Waals surface area (Å²) in [5.41, 5.74) is 2.63. The topological polar surface area (TPSA) is 51.6 Å². The third-order valence-electron chi connectivity index (χ3n) is 4.60. The van der Waals surface area contributed by atoms with E-state index in [0.717, 1.165) is 29.7 Å². The van der Waals surface area contributed by atoms with Gasteiger partial charge in [-0.2, -0.15) is 0 Å². The van der Waals surface area contributed by atoms with Gasteiger partial charge in [0.15, 0.2) is 8.32 Å². The molecule has 1 aromatic rings. The van der Waals surface area contributed by atoms with Crippen molar-refractivity contribution >= 4 is 8.32 Å². The van der Waals surface area contributed by atoms with Crippen molar-refractivity contribution in [1.82, 2.24) is 4.98 Å². The van der Waals surface area contributed by atoms with Gasteiger partial charge >= 0.3 is 0 Å². The average molecular weight is 340 g/mol. The van der Waals surface area contributed by atoms with Crippen molar-refractivity contribution in [3.8, 4) is 5.88 Å². The summed E-state index contributed by atoms with van der Waals surface area (Å²) in [6.45, 7) is 16.3. The van der Waals surface area contributed by atoms with E-state index in [0.29, 0.717) is 19.1 Å². The quantitative estimate of drug-likeness (QED) is 0.556. The van der Waals surface area contributed by atoms with Gasteiger partial charge in [0, 0.05) is 11.3 Å². The Hall–Kier alpha value is -0.913. The summed E-state index contributed by atoms with van der Waals surface area (Å²) < 4.78 is 12.1. The molecule has 0 amide bonds. The molecular weight excluding hydrogens is 306 g/mol. The van der Waals surface area contributed by atoms with Gasteiger partial charge in [0.25, 0.3) is 0 Å². The zero-order chi connectivity index (χ0) is 17.7. The van der Waals surface area contributed by atoms with Crippen molar-refractivity contribution in [3.05, 3.63) is 22.9 Å². The number of rotatable bonds is 8. The first-order valence-corrected chi connectivity index (χ1v) is 11.4. The van der Waals surface area contributed by atoms with Gasteiger partial charge in [0.2, 0.25) is 5.88 Å². The first-order chi connectivity index (χ1) is 10.6. The number of nitrogens with zero attached hydrogens (tertiary/aromatic N) is 1. The molecule has 5 heteroatoms. The number of hydrogen-bond donors (Lipinski definition) is 1. The number of hydrogen-bond acceptors (Lipinski definition) is 4. The summed E-state index contributed by atoms with van der Waals surface area (Å²) in [5, 5.41) is 9.93. The SMILES string of the molecule is CCCCOc1nc(C)cc(CO[Si](C)(C)C(C)(C)C)c1CO. The van der Waals surface area contributed by atoms with Gasteiger partial charge < -0.3 is 14.3 Å². The molecule has 0 aliphatic rings. The molecule has 0 unspecified atom stereocenters. The molecule has 0 aliphatic heterocycles. The molecule has 0 spiro atoms. The average Bonchev–Trinajstić information content (AvgIpc) is 2.44. The fraction of sp³-hybridized carbons (Fsp3) is 0.722. The maximum atomic E-state index is 9.77. The van der Waals surface area contributed by atoms with Crippen molar-refractivity contribution in [3.63, 3.8) is 0 Å². The molecule has 23 heavy (non-hydrogen) atoms. The molecule has 0 radical (unpaired) electrons. The lowest BCUT2D eigenvalue weighted by Gasteiger charge is -2.36. The maximum absolute atomic E-state index is 9.77. The van der Waals surface area contributed by atoms with Crippen LogP contribution in [0.4, 0.5) is 0 Å². The summed E-state index contributed by atoms with van der Waals surface area (Å²) in [5.74, 6) is 0.551. The van der Waals surface area contributed by atoms with Gasteiger partial charge in [-0.15, -0.1) is 0 Å². The number of pyridine rings is 1. The van der Waals surface area contributed by atoms with E-state index in [1.807, 2.05) is 13.0 Å². The minimum Gasteiger partial charge on any atom is -0.477 e. The highest BCUT2D eigenvalue weighted by Gasteiger charge is 2.37. The monoisotopic (exact) mass is 339 g/mol. The molecule has 0 bridgehead atoms. The van der Waals surface area contributed by atoms with E-state index in [-0.39, 0.29) is 11.6 Å². The van der Waals surface area contributed by atoms with Gasteiger partial charge in [-0.05, 0) is 43.1 Å². The van der Waals surface area contributed by atoms with Crippen LogP contribution in [0.3, 0.4) is 0 Å². The molecule has 132 valence electrons. The Kier molecular flexibility index (Phi) is 7.23. The molecule has 1 N–H and O–H groups in total. The molecular formula is C18H33NO3Si. The Balaban J connectivity index is 2.97. The third kappa shape index (κ3) is 5.59. The highest BCUT2D eigenvalue weighted by atomic mass is 28.4. The number of aliphatic hydroxyl groups is 1. The fourth-order valence-corrected chi connectivity index (χ4v) is 2.89. The van der Waals surface area contributed by atoms with Gasteiger partial charge in [0.1, 0.15) is 0 Å². The van der Waals surface area contributed by atoms with Crippen LogP contribution in [0.15, 0.2) is 6.07 Å². The third-order valence-corrected chi connectivity index (χ3v) is 9.07. The summed E-state index contributed by atoms with van der Waals surface area (Å²) >= 11 is 0. The molecule has 0 saturated carbocycles. The van der Waals surface area contributed by atoms with Crippen LogP contribution in [0.25, 0.3) is 0 Å². The van der Waals surface area contributed by atoms with Crippen LogP contribution in [0, 0.1) is 6.92 Å². The lowest BCUT2D eigenvalue weighted by Crippen LogP contribution is -2.40. The predicted molar refractivity (Wildman–Crippen MR) is 97.3 cm³/mol. The van der Waals surface area contributed by atoms with Crippen LogP contribution < -0.4 is 4.74 Å². The van der Waals surface area contributed by atoms with E-state index in [4.69, 9.17) is 9.16 Å². The number of aromatic nitrogens is 1. The highest BCUT2D eigenvalue weighted by Crippen LogP contribution is 2.37. The molecule has 1 rings (SSSR count). The molecule has 0 saturated heterocycles. The zero-order valence-corrected chi connectivity index (χ0v) is 16.8. The van der Waals surface area contributed by atoms with E-state index >= 15 is 0 Å². The van der Waals surface area contributed by atoms with E-state index in [1.54, 1.807) is 0 Å². The molecule has 0 atom stereocenters. The Morgan fingerprint density at radius 1 is 1.26 bits per heavy atom. The number of aliphatic hydroxyl groups excluding tert-OH is 1. The van der Waals surface area contributed by atoms with Crippen molar-refractivity contribution in [1.29, 1.82) is 0 Å². The largest absolute Gasteiger partial charge is 0.477 e. The summed E-state index contributed by atoms with van der Waals surface area (Å²) in [7, 11) is -1.83. The predicted octanol–water partition coefficient (Wildman–Crippen LogP) is 4.58. The van der Waals surface area contributed by atoms with Crippen LogP contribution in [0.2, 0.25) is 18.1 Å². The standard InChI is InChI=1S/C18H33NO3Si/c1-8-9-10-21-17-16(12-20)15(11-14(2)19-17)13-22-23(6,7)18(3,4)5/h11,20H,8-10,12-13H2,1-7H3. The summed E-state index contributed by atoms with van der Waals surface area (Å²) in [6, 6.07) is 1.99. The van der Waals surface area contributed by atoms with E-state index in [9.17, 15) is 5.11 Å². The van der Waals surface area contributed by atoms with Crippen LogP contribution in [-0.4, -0.2) is 25.0 Å². The van der Waals surface area contributed by atoms with Crippen LogP contribution in [0.1, 0.15) is 57.4 Å². The second-order valence-electron chi connectivity index (χ2n) is 7.62.